The van der Waals surface area contributed by atoms with Crippen LogP contribution in [-0.4, -0.2) is 19.3 Å². The number of aromatic nitrogens is 4. The third-order valence-electron chi connectivity index (χ3n) is 3.35. The molecule has 0 aliphatic heterocycles. The number of nitrogens with zero attached hydrogens (tertiary/aromatic N) is 4. The number of nitrogens with two attached hydrogens (primary N) is 1. The molecule has 2 N–H and O–H groups in total. The van der Waals surface area contributed by atoms with Crippen molar-refractivity contribution >= 4 is 0 Å². The first-order chi connectivity index (χ1) is 8.54. The summed E-state index contributed by atoms with van der Waals surface area (Å²) in [7, 11) is 0. The molecule has 0 spiro atoms. The van der Waals surface area contributed by atoms with E-state index in [0.29, 0.717) is 12.6 Å². The highest BCUT2D eigenvalue weighted by Crippen LogP contribution is 2.15. The van der Waals surface area contributed by atoms with Gasteiger partial charge in [0.15, 0.2) is 0 Å². The molecule has 2 rings (SSSR count). The van der Waals surface area contributed by atoms with Crippen LogP contribution in [0.3, 0.4) is 0 Å². The summed E-state index contributed by atoms with van der Waals surface area (Å²) < 4.78 is 4.17. The van der Waals surface area contributed by atoms with Crippen molar-refractivity contribution in [3.8, 4) is 0 Å². The number of hydrogen-bond acceptors (Lipinski definition) is 3. The van der Waals surface area contributed by atoms with E-state index in [2.05, 4.69) is 35.4 Å². The van der Waals surface area contributed by atoms with Gasteiger partial charge in [-0.2, -0.15) is 5.10 Å². The van der Waals surface area contributed by atoms with Gasteiger partial charge in [-0.15, -0.1) is 0 Å². The van der Waals surface area contributed by atoms with E-state index < -0.39 is 0 Å². The molecule has 0 saturated heterocycles. The van der Waals surface area contributed by atoms with E-state index in [1.165, 1.54) is 5.69 Å². The minimum atomic E-state index is 0.411. The summed E-state index contributed by atoms with van der Waals surface area (Å²) >= 11 is 0. The molecule has 98 valence electrons. The van der Waals surface area contributed by atoms with Crippen molar-refractivity contribution in [3.05, 3.63) is 35.2 Å². The Morgan fingerprint density at radius 2 is 2.06 bits per heavy atom. The van der Waals surface area contributed by atoms with Crippen LogP contribution in [0.5, 0.6) is 0 Å². The molecule has 0 amide bonds. The van der Waals surface area contributed by atoms with Gasteiger partial charge in [-0.25, -0.2) is 4.98 Å². The Kier molecular flexibility index (Phi) is 3.52. The predicted molar refractivity (Wildman–Crippen MR) is 71.3 cm³/mol. The van der Waals surface area contributed by atoms with E-state index in [1.54, 1.807) is 0 Å². The van der Waals surface area contributed by atoms with Crippen LogP contribution in [0.1, 0.15) is 42.5 Å². The third-order valence-corrected chi connectivity index (χ3v) is 3.35. The standard InChI is InChI=1S/C13H21N5/c1-9(2)17-8-15-6-12(17)7-18-11(4)13(5-14)10(3)16-18/h6,8-9H,5,7,14H2,1-4H3. The summed E-state index contributed by atoms with van der Waals surface area (Å²) in [5, 5.41) is 4.55. The molecule has 0 atom stereocenters. The largest absolute Gasteiger partial charge is 0.330 e. The highest BCUT2D eigenvalue weighted by Gasteiger charge is 2.12. The van der Waals surface area contributed by atoms with Crippen LogP contribution in [0.4, 0.5) is 0 Å². The zero-order valence-electron chi connectivity index (χ0n) is 11.5. The van der Waals surface area contributed by atoms with Crippen molar-refractivity contribution in [1.29, 1.82) is 0 Å². The zero-order chi connectivity index (χ0) is 13.3. The Morgan fingerprint density at radius 1 is 1.33 bits per heavy atom. The topological polar surface area (TPSA) is 61.7 Å². The minimum absolute atomic E-state index is 0.411. The second-order valence-corrected chi connectivity index (χ2v) is 4.90. The van der Waals surface area contributed by atoms with Gasteiger partial charge in [0.05, 0.1) is 30.5 Å². The van der Waals surface area contributed by atoms with E-state index in [0.717, 1.165) is 23.5 Å². The van der Waals surface area contributed by atoms with E-state index in [9.17, 15) is 0 Å². The monoisotopic (exact) mass is 247 g/mol. The molecule has 5 heteroatoms. The number of aryl methyl sites for hydroxylation is 1. The molecule has 0 aliphatic carbocycles. The van der Waals surface area contributed by atoms with Gasteiger partial charge in [-0.1, -0.05) is 0 Å². The fraction of sp³-hybridized carbons (Fsp3) is 0.538. The fourth-order valence-electron chi connectivity index (χ4n) is 2.26. The van der Waals surface area contributed by atoms with Crippen LogP contribution in [0.15, 0.2) is 12.5 Å². The first-order valence-corrected chi connectivity index (χ1v) is 6.28. The first-order valence-electron chi connectivity index (χ1n) is 6.28. The van der Waals surface area contributed by atoms with Crippen molar-refractivity contribution in [1.82, 2.24) is 19.3 Å². The Labute approximate surface area is 108 Å². The molecule has 0 aliphatic rings. The molecule has 0 radical (unpaired) electrons. The molecular weight excluding hydrogens is 226 g/mol. The molecule has 0 saturated carbocycles. The maximum absolute atomic E-state index is 5.75. The van der Waals surface area contributed by atoms with E-state index >= 15 is 0 Å². The molecular formula is C13H21N5. The SMILES string of the molecule is Cc1nn(Cc2cncn2C(C)C)c(C)c1CN. The summed E-state index contributed by atoms with van der Waals surface area (Å²) in [6.07, 6.45) is 3.77. The lowest BCUT2D eigenvalue weighted by atomic mass is 10.2. The second-order valence-electron chi connectivity index (χ2n) is 4.90. The van der Waals surface area contributed by atoms with Crippen molar-refractivity contribution in [2.45, 2.75) is 46.8 Å². The van der Waals surface area contributed by atoms with Crippen molar-refractivity contribution in [2.75, 3.05) is 0 Å². The second kappa shape index (κ2) is 4.94. The summed E-state index contributed by atoms with van der Waals surface area (Å²) in [5.74, 6) is 0. The molecule has 0 aromatic carbocycles. The summed E-state index contributed by atoms with van der Waals surface area (Å²) in [6, 6.07) is 0.411. The molecule has 18 heavy (non-hydrogen) atoms. The van der Waals surface area contributed by atoms with Gasteiger partial charge < -0.3 is 10.3 Å². The number of hydrogen-bond donors (Lipinski definition) is 1. The molecule has 0 bridgehead atoms. The molecule has 5 nitrogen and oxygen atoms in total. The van der Waals surface area contributed by atoms with Gasteiger partial charge in [0.2, 0.25) is 0 Å². The van der Waals surface area contributed by atoms with Crippen LogP contribution in [0, 0.1) is 13.8 Å². The van der Waals surface area contributed by atoms with Crippen molar-refractivity contribution in [3.63, 3.8) is 0 Å². The van der Waals surface area contributed by atoms with E-state index in [4.69, 9.17) is 5.73 Å². The minimum Gasteiger partial charge on any atom is -0.330 e. The Hall–Kier alpha value is -1.62. The zero-order valence-corrected chi connectivity index (χ0v) is 11.5. The third kappa shape index (κ3) is 2.18. The molecule has 2 heterocycles. The Morgan fingerprint density at radius 3 is 2.61 bits per heavy atom. The van der Waals surface area contributed by atoms with E-state index in [1.807, 2.05) is 24.1 Å². The first kappa shape index (κ1) is 12.8. The van der Waals surface area contributed by atoms with Gasteiger partial charge in [0, 0.05) is 23.8 Å². The Balaban J connectivity index is 2.32. The van der Waals surface area contributed by atoms with Gasteiger partial charge in [0.25, 0.3) is 0 Å². The highest BCUT2D eigenvalue weighted by molar-refractivity contribution is 5.24. The van der Waals surface area contributed by atoms with Crippen molar-refractivity contribution < 1.29 is 0 Å². The molecule has 2 aromatic rings. The van der Waals surface area contributed by atoms with Crippen LogP contribution in [-0.2, 0) is 13.1 Å². The molecule has 2 aromatic heterocycles. The Bertz CT molecular complexity index is 536. The van der Waals surface area contributed by atoms with Gasteiger partial charge in [0.1, 0.15) is 0 Å². The van der Waals surface area contributed by atoms with E-state index in [-0.39, 0.29) is 0 Å². The average Bonchev–Trinajstić information content (AvgIpc) is 2.86. The highest BCUT2D eigenvalue weighted by atomic mass is 15.3. The summed E-state index contributed by atoms with van der Waals surface area (Å²) in [6.45, 7) is 9.66. The normalized spacial score (nSPS) is 11.4. The smallest absolute Gasteiger partial charge is 0.0951 e. The lowest BCUT2D eigenvalue weighted by Crippen LogP contribution is -2.11. The van der Waals surface area contributed by atoms with Gasteiger partial charge in [-0.3, -0.25) is 4.68 Å². The maximum atomic E-state index is 5.75. The van der Waals surface area contributed by atoms with Crippen molar-refractivity contribution in [2.24, 2.45) is 5.73 Å². The average molecular weight is 247 g/mol. The lowest BCUT2D eigenvalue weighted by molar-refractivity contribution is 0.542. The number of rotatable bonds is 4. The van der Waals surface area contributed by atoms with Crippen LogP contribution in [0.2, 0.25) is 0 Å². The van der Waals surface area contributed by atoms with Crippen LogP contribution >= 0.6 is 0 Å². The maximum Gasteiger partial charge on any atom is 0.0951 e. The van der Waals surface area contributed by atoms with Crippen LogP contribution in [0.25, 0.3) is 0 Å². The summed E-state index contributed by atoms with van der Waals surface area (Å²) in [4.78, 5) is 4.22. The fourth-order valence-corrected chi connectivity index (χ4v) is 2.26. The predicted octanol–water partition coefficient (Wildman–Crippen LogP) is 1.78. The lowest BCUT2D eigenvalue weighted by Gasteiger charge is -2.12. The quantitative estimate of drug-likeness (QED) is 0.896. The number of imidazole rings is 1. The van der Waals surface area contributed by atoms with Gasteiger partial charge >= 0.3 is 0 Å². The van der Waals surface area contributed by atoms with Gasteiger partial charge in [-0.05, 0) is 27.7 Å². The molecule has 0 fully saturated rings. The summed E-state index contributed by atoms with van der Waals surface area (Å²) in [5.41, 5.74) is 10.2. The molecule has 0 unspecified atom stereocenters. The van der Waals surface area contributed by atoms with Crippen LogP contribution < -0.4 is 5.73 Å².